The molecule has 0 fully saturated rings. The smallest absolute Gasteiger partial charge is 0.336 e. The lowest BCUT2D eigenvalue weighted by Gasteiger charge is -2.26. The molecule has 0 unspecified atom stereocenters. The fourth-order valence-electron chi connectivity index (χ4n) is 4.64. The summed E-state index contributed by atoms with van der Waals surface area (Å²) in [5, 5.41) is 4.79. The quantitative estimate of drug-likeness (QED) is 0.713. The van der Waals surface area contributed by atoms with Gasteiger partial charge in [-0.1, -0.05) is 24.3 Å². The van der Waals surface area contributed by atoms with E-state index in [1.54, 1.807) is 6.07 Å². The van der Waals surface area contributed by atoms with E-state index in [2.05, 4.69) is 41.7 Å². The lowest BCUT2D eigenvalue weighted by atomic mass is 9.87. The molecule has 1 N–H and O–H groups in total. The van der Waals surface area contributed by atoms with Gasteiger partial charge in [-0.15, -0.1) is 0 Å². The minimum Gasteiger partial charge on any atom is -0.423 e. The normalized spacial score (nSPS) is 18.7. The van der Waals surface area contributed by atoms with Crippen LogP contribution in [0.15, 0.2) is 51.7 Å². The number of fused-ring (bicyclic) bond motifs is 3. The molecule has 1 heterocycles. The number of hydrogen-bond donors (Lipinski definition) is 1. The molecule has 2 aliphatic carbocycles. The van der Waals surface area contributed by atoms with E-state index in [1.165, 1.54) is 41.5 Å². The van der Waals surface area contributed by atoms with Gasteiger partial charge in [0.1, 0.15) is 5.58 Å². The Hall–Kier alpha value is -2.39. The Morgan fingerprint density at radius 2 is 1.77 bits per heavy atom. The molecule has 0 spiro atoms. The van der Waals surface area contributed by atoms with Gasteiger partial charge in [-0.05, 0) is 78.5 Å². The van der Waals surface area contributed by atoms with Gasteiger partial charge >= 0.3 is 5.63 Å². The van der Waals surface area contributed by atoms with Gasteiger partial charge in [0.05, 0.1) is 0 Å². The topological polar surface area (TPSA) is 42.2 Å². The number of rotatable bonds is 3. The van der Waals surface area contributed by atoms with Gasteiger partial charge in [0, 0.05) is 24.0 Å². The number of benzene rings is 2. The summed E-state index contributed by atoms with van der Waals surface area (Å²) in [6.07, 6.45) is 6.94. The molecule has 0 aliphatic heterocycles. The Morgan fingerprint density at radius 1 is 0.962 bits per heavy atom. The van der Waals surface area contributed by atoms with E-state index >= 15 is 0 Å². The second kappa shape index (κ2) is 6.40. The van der Waals surface area contributed by atoms with Crippen LogP contribution in [-0.4, -0.2) is 0 Å². The molecule has 0 saturated heterocycles. The Kier molecular flexibility index (Phi) is 3.90. The maximum absolute atomic E-state index is 12.1. The standard InChI is InChI=1S/C23H23NO2/c25-23-13-18(20-11-16-7-3-8-17(16)12-22(20)26-23)14-24-21-10-4-6-15-5-1-2-9-19(15)21/h1-2,5,9,11-13,21,24H,3-4,6-8,10,14H2/t21-/m0/s1. The van der Waals surface area contributed by atoms with Gasteiger partial charge in [-0.2, -0.15) is 0 Å². The van der Waals surface area contributed by atoms with Crippen LogP contribution in [0.25, 0.3) is 11.0 Å². The summed E-state index contributed by atoms with van der Waals surface area (Å²) < 4.78 is 5.49. The lowest BCUT2D eigenvalue weighted by molar-refractivity contribution is 0.458. The van der Waals surface area contributed by atoms with Gasteiger partial charge in [0.15, 0.2) is 0 Å². The third-order valence-corrected chi connectivity index (χ3v) is 5.95. The summed E-state index contributed by atoms with van der Waals surface area (Å²) in [6, 6.07) is 15.1. The summed E-state index contributed by atoms with van der Waals surface area (Å²) in [5.74, 6) is 0. The molecular weight excluding hydrogens is 322 g/mol. The highest BCUT2D eigenvalue weighted by atomic mass is 16.4. The summed E-state index contributed by atoms with van der Waals surface area (Å²) in [5.41, 5.74) is 7.14. The van der Waals surface area contributed by atoms with Crippen LogP contribution in [0, 0.1) is 0 Å². The average Bonchev–Trinajstić information content (AvgIpc) is 3.11. The Balaban J connectivity index is 1.48. The zero-order valence-electron chi connectivity index (χ0n) is 14.9. The van der Waals surface area contributed by atoms with Gasteiger partial charge < -0.3 is 9.73 Å². The molecule has 5 rings (SSSR count). The predicted octanol–water partition coefficient (Wildman–Crippen LogP) is 4.45. The van der Waals surface area contributed by atoms with E-state index in [-0.39, 0.29) is 5.63 Å². The summed E-state index contributed by atoms with van der Waals surface area (Å²) in [7, 11) is 0. The van der Waals surface area contributed by atoms with Crippen molar-refractivity contribution in [2.75, 3.05) is 0 Å². The Bertz CT molecular complexity index is 1030. The summed E-state index contributed by atoms with van der Waals surface area (Å²) in [6.45, 7) is 0.694. The van der Waals surface area contributed by atoms with Crippen molar-refractivity contribution in [3.05, 3.63) is 80.7 Å². The predicted molar refractivity (Wildman–Crippen MR) is 103 cm³/mol. The van der Waals surface area contributed by atoms with E-state index in [9.17, 15) is 4.79 Å². The van der Waals surface area contributed by atoms with E-state index in [0.717, 1.165) is 35.8 Å². The summed E-state index contributed by atoms with van der Waals surface area (Å²) >= 11 is 0. The molecule has 1 aromatic heterocycles. The van der Waals surface area contributed by atoms with E-state index in [0.29, 0.717) is 12.6 Å². The van der Waals surface area contributed by atoms with Crippen molar-refractivity contribution in [2.24, 2.45) is 0 Å². The van der Waals surface area contributed by atoms with Gasteiger partial charge in [-0.25, -0.2) is 4.79 Å². The van der Waals surface area contributed by atoms with Crippen molar-refractivity contribution in [3.8, 4) is 0 Å². The van der Waals surface area contributed by atoms with Crippen LogP contribution in [0.3, 0.4) is 0 Å². The molecule has 1 atom stereocenters. The van der Waals surface area contributed by atoms with Crippen LogP contribution in [-0.2, 0) is 25.8 Å². The average molecular weight is 345 g/mol. The minimum atomic E-state index is -0.253. The zero-order valence-corrected chi connectivity index (χ0v) is 14.9. The van der Waals surface area contributed by atoms with E-state index < -0.39 is 0 Å². The van der Waals surface area contributed by atoms with Crippen LogP contribution in [0.4, 0.5) is 0 Å². The number of nitrogens with one attached hydrogen (secondary N) is 1. The van der Waals surface area contributed by atoms with Crippen LogP contribution in [0.5, 0.6) is 0 Å². The first-order chi connectivity index (χ1) is 12.8. The molecule has 0 radical (unpaired) electrons. The summed E-state index contributed by atoms with van der Waals surface area (Å²) in [4.78, 5) is 12.1. The fraction of sp³-hybridized carbons (Fsp3) is 0.348. The molecule has 0 bridgehead atoms. The first-order valence-corrected chi connectivity index (χ1v) is 9.68. The second-order valence-electron chi connectivity index (χ2n) is 7.59. The highest BCUT2D eigenvalue weighted by molar-refractivity contribution is 5.82. The van der Waals surface area contributed by atoms with Crippen molar-refractivity contribution in [1.29, 1.82) is 0 Å². The molecule has 26 heavy (non-hydrogen) atoms. The maximum Gasteiger partial charge on any atom is 0.336 e. The van der Waals surface area contributed by atoms with Crippen LogP contribution in [0.2, 0.25) is 0 Å². The molecule has 2 aliphatic rings. The van der Waals surface area contributed by atoms with Gasteiger partial charge in [-0.3, -0.25) is 0 Å². The molecule has 3 nitrogen and oxygen atoms in total. The molecule has 0 amide bonds. The van der Waals surface area contributed by atoms with Crippen LogP contribution in [0.1, 0.15) is 53.1 Å². The molecule has 2 aromatic carbocycles. The van der Waals surface area contributed by atoms with Crippen LogP contribution >= 0.6 is 0 Å². The van der Waals surface area contributed by atoms with Crippen molar-refractivity contribution in [2.45, 2.75) is 51.1 Å². The lowest BCUT2D eigenvalue weighted by Crippen LogP contribution is -2.25. The van der Waals surface area contributed by atoms with Crippen molar-refractivity contribution < 1.29 is 4.42 Å². The molecular formula is C23H23NO2. The first-order valence-electron chi connectivity index (χ1n) is 9.68. The maximum atomic E-state index is 12.1. The first kappa shape index (κ1) is 15.8. The van der Waals surface area contributed by atoms with E-state index in [4.69, 9.17) is 4.42 Å². The third-order valence-electron chi connectivity index (χ3n) is 5.95. The third kappa shape index (κ3) is 2.77. The zero-order chi connectivity index (χ0) is 17.5. The SMILES string of the molecule is O=c1cc(CN[C@H]2CCCc3ccccc32)c2cc3c(cc2o1)CCC3. The monoisotopic (exact) mass is 345 g/mol. The molecule has 0 saturated carbocycles. The minimum absolute atomic E-state index is 0.253. The Morgan fingerprint density at radius 3 is 2.69 bits per heavy atom. The van der Waals surface area contributed by atoms with Crippen molar-refractivity contribution >= 4 is 11.0 Å². The molecule has 3 heteroatoms. The van der Waals surface area contributed by atoms with Gasteiger partial charge in [0.2, 0.25) is 0 Å². The van der Waals surface area contributed by atoms with Crippen molar-refractivity contribution in [1.82, 2.24) is 5.32 Å². The van der Waals surface area contributed by atoms with Crippen LogP contribution < -0.4 is 10.9 Å². The van der Waals surface area contributed by atoms with Crippen molar-refractivity contribution in [3.63, 3.8) is 0 Å². The largest absolute Gasteiger partial charge is 0.423 e. The fourth-order valence-corrected chi connectivity index (χ4v) is 4.64. The molecule has 3 aromatic rings. The highest BCUT2D eigenvalue weighted by Gasteiger charge is 2.20. The number of hydrogen-bond acceptors (Lipinski definition) is 3. The highest BCUT2D eigenvalue weighted by Crippen LogP contribution is 2.31. The second-order valence-corrected chi connectivity index (χ2v) is 7.59. The molecule has 132 valence electrons. The van der Waals surface area contributed by atoms with E-state index in [1.807, 2.05) is 0 Å². The number of aryl methyl sites for hydroxylation is 3. The Labute approximate surface area is 153 Å². The van der Waals surface area contributed by atoms with Gasteiger partial charge in [0.25, 0.3) is 0 Å².